The van der Waals surface area contributed by atoms with Crippen molar-refractivity contribution in [2.75, 3.05) is 6.54 Å². The van der Waals surface area contributed by atoms with Crippen molar-refractivity contribution in [2.45, 2.75) is 58.5 Å². The Bertz CT molecular complexity index is 317. The van der Waals surface area contributed by atoms with Crippen LogP contribution in [0.1, 0.15) is 46.5 Å². The molecule has 4 aliphatic rings. The van der Waals surface area contributed by atoms with E-state index in [0.717, 1.165) is 37.6 Å². The number of rotatable bonds is 3. The molecule has 4 fully saturated rings. The Balaban J connectivity index is 1.58. The van der Waals surface area contributed by atoms with Crippen LogP contribution in [0.2, 0.25) is 0 Å². The van der Waals surface area contributed by atoms with Crippen molar-refractivity contribution in [2.24, 2.45) is 23.2 Å². The Morgan fingerprint density at radius 3 is 2.67 bits per heavy atom. The van der Waals surface area contributed by atoms with Crippen LogP contribution in [0.5, 0.6) is 0 Å². The van der Waals surface area contributed by atoms with E-state index in [1.54, 1.807) is 0 Å². The molecule has 0 amide bonds. The molecule has 0 aromatic rings. The number of hydrogen-bond donors (Lipinski definition) is 2. The predicted molar refractivity (Wildman–Crippen MR) is 73.0 cm³/mol. The second kappa shape index (κ2) is 4.50. The van der Waals surface area contributed by atoms with Crippen LogP contribution < -0.4 is 5.32 Å². The Hall–Kier alpha value is -0.0551. The molecule has 3 aliphatic carbocycles. The molecule has 0 aromatic carbocycles. The third-order valence-corrected chi connectivity index (χ3v) is 6.04. The maximum Gasteiger partial charge on any atom is 0.472 e. The number of hydrogen-bond acceptors (Lipinski definition) is 3. The Morgan fingerprint density at radius 1 is 1.33 bits per heavy atom. The predicted octanol–water partition coefficient (Wildman–Crippen LogP) is 1.85. The second-order valence-electron chi connectivity index (χ2n) is 7.22. The summed E-state index contributed by atoms with van der Waals surface area (Å²) in [4.78, 5) is 0. The first-order valence-electron chi connectivity index (χ1n) is 7.57. The van der Waals surface area contributed by atoms with E-state index >= 15 is 0 Å². The number of nitrogens with one attached hydrogen (secondary N) is 1. The van der Waals surface area contributed by atoms with Crippen LogP contribution in [-0.2, 0) is 4.65 Å². The lowest BCUT2D eigenvalue weighted by Gasteiger charge is -2.62. The summed E-state index contributed by atoms with van der Waals surface area (Å²) < 4.78 is 5.97. The minimum absolute atomic E-state index is 0.156. The fourth-order valence-corrected chi connectivity index (χ4v) is 4.51. The van der Waals surface area contributed by atoms with Crippen LogP contribution in [0.4, 0.5) is 0 Å². The zero-order valence-corrected chi connectivity index (χ0v) is 11.9. The SMILES string of the molecule is CC1C(OB(O)C2CCCN2)CC2CC1C2(C)C. The lowest BCUT2D eigenvalue weighted by molar-refractivity contribution is -0.151. The third kappa shape index (κ3) is 1.93. The minimum Gasteiger partial charge on any atom is -0.426 e. The van der Waals surface area contributed by atoms with Crippen LogP contribution >= 0.6 is 0 Å². The summed E-state index contributed by atoms with van der Waals surface area (Å²) in [7, 11) is -0.611. The average molecular weight is 251 g/mol. The van der Waals surface area contributed by atoms with Gasteiger partial charge in [0, 0.05) is 12.0 Å². The maximum absolute atomic E-state index is 10.2. The van der Waals surface area contributed by atoms with Gasteiger partial charge in [-0.25, -0.2) is 0 Å². The first-order chi connectivity index (χ1) is 8.50. The van der Waals surface area contributed by atoms with E-state index in [1.807, 2.05) is 0 Å². The van der Waals surface area contributed by atoms with Crippen molar-refractivity contribution < 1.29 is 9.68 Å². The maximum atomic E-state index is 10.2. The summed E-state index contributed by atoms with van der Waals surface area (Å²) in [6.07, 6.45) is 4.96. The van der Waals surface area contributed by atoms with Crippen molar-refractivity contribution in [1.29, 1.82) is 0 Å². The first kappa shape index (κ1) is 13.0. The fourth-order valence-electron chi connectivity index (χ4n) is 4.51. The van der Waals surface area contributed by atoms with Crippen LogP contribution in [0.3, 0.4) is 0 Å². The summed E-state index contributed by atoms with van der Waals surface area (Å²) in [5.41, 5.74) is 0.496. The Kier molecular flexibility index (Phi) is 3.24. The monoisotopic (exact) mass is 251 g/mol. The van der Waals surface area contributed by atoms with E-state index in [1.165, 1.54) is 6.42 Å². The lowest BCUT2D eigenvalue weighted by Crippen LogP contribution is -2.59. The van der Waals surface area contributed by atoms with Crippen molar-refractivity contribution >= 4 is 7.12 Å². The normalized spacial score (nSPS) is 45.7. The van der Waals surface area contributed by atoms with Crippen molar-refractivity contribution in [3.8, 4) is 0 Å². The quantitative estimate of drug-likeness (QED) is 0.752. The highest BCUT2D eigenvalue weighted by Gasteiger charge is 2.57. The molecule has 4 rings (SSSR count). The highest BCUT2D eigenvalue weighted by Crippen LogP contribution is 2.61. The highest BCUT2D eigenvalue weighted by atomic mass is 16.5. The molecule has 102 valence electrons. The highest BCUT2D eigenvalue weighted by molar-refractivity contribution is 6.45. The van der Waals surface area contributed by atoms with E-state index in [4.69, 9.17) is 4.65 Å². The zero-order valence-electron chi connectivity index (χ0n) is 11.9. The molecule has 0 radical (unpaired) electrons. The van der Waals surface area contributed by atoms with Crippen molar-refractivity contribution in [3.63, 3.8) is 0 Å². The van der Waals surface area contributed by atoms with Gasteiger partial charge in [0.05, 0.1) is 0 Å². The van der Waals surface area contributed by atoms with Gasteiger partial charge in [-0.1, -0.05) is 20.8 Å². The van der Waals surface area contributed by atoms with Gasteiger partial charge in [0.1, 0.15) is 0 Å². The zero-order chi connectivity index (χ0) is 12.9. The van der Waals surface area contributed by atoms with E-state index in [2.05, 4.69) is 26.1 Å². The van der Waals surface area contributed by atoms with E-state index in [-0.39, 0.29) is 12.0 Å². The van der Waals surface area contributed by atoms with Gasteiger partial charge in [-0.05, 0) is 55.4 Å². The first-order valence-corrected chi connectivity index (χ1v) is 7.57. The van der Waals surface area contributed by atoms with Gasteiger partial charge in [0.2, 0.25) is 0 Å². The minimum atomic E-state index is -0.611. The molecule has 2 N–H and O–H groups in total. The Morgan fingerprint density at radius 2 is 2.11 bits per heavy atom. The third-order valence-electron chi connectivity index (χ3n) is 6.04. The Labute approximate surface area is 111 Å². The molecule has 3 nitrogen and oxygen atoms in total. The second-order valence-corrected chi connectivity index (χ2v) is 7.22. The molecule has 5 atom stereocenters. The van der Waals surface area contributed by atoms with Crippen molar-refractivity contribution in [1.82, 2.24) is 5.32 Å². The van der Waals surface area contributed by atoms with Crippen LogP contribution in [0.15, 0.2) is 0 Å². The molecular formula is C14H26BNO2. The molecule has 1 aliphatic heterocycles. The molecule has 4 heteroatoms. The molecule has 3 saturated carbocycles. The van der Waals surface area contributed by atoms with Gasteiger partial charge >= 0.3 is 7.12 Å². The summed E-state index contributed by atoms with van der Waals surface area (Å²) in [6.45, 7) is 8.12. The van der Waals surface area contributed by atoms with Gasteiger partial charge in [-0.15, -0.1) is 0 Å². The molecule has 2 bridgehead atoms. The summed E-state index contributed by atoms with van der Waals surface area (Å²) in [6, 6.07) is 0. The number of fused-ring (bicyclic) bond motifs is 2. The van der Waals surface area contributed by atoms with Gasteiger partial charge in [-0.2, -0.15) is 0 Å². The summed E-state index contributed by atoms with van der Waals surface area (Å²) >= 11 is 0. The van der Waals surface area contributed by atoms with E-state index in [0.29, 0.717) is 11.3 Å². The molecule has 18 heavy (non-hydrogen) atoms. The molecule has 1 heterocycles. The van der Waals surface area contributed by atoms with Gasteiger partial charge in [0.25, 0.3) is 0 Å². The van der Waals surface area contributed by atoms with Gasteiger partial charge in [-0.3, -0.25) is 0 Å². The summed E-state index contributed by atoms with van der Waals surface area (Å²) in [5.74, 6) is 2.32. The van der Waals surface area contributed by atoms with E-state index < -0.39 is 7.12 Å². The van der Waals surface area contributed by atoms with Crippen molar-refractivity contribution in [3.05, 3.63) is 0 Å². The van der Waals surface area contributed by atoms with Gasteiger partial charge < -0.3 is 15.0 Å². The topological polar surface area (TPSA) is 41.5 Å². The molecular weight excluding hydrogens is 225 g/mol. The lowest BCUT2D eigenvalue weighted by atomic mass is 9.45. The molecule has 0 spiro atoms. The van der Waals surface area contributed by atoms with Crippen LogP contribution in [-0.4, -0.2) is 30.7 Å². The fraction of sp³-hybridized carbons (Fsp3) is 1.00. The standard InChI is InChI=1S/C14H26BNO2/c1-9-11-7-10(14(11,2)3)8-12(9)18-15(17)13-5-4-6-16-13/h9-13,16-17H,4-8H2,1-3H3. The molecule has 5 unspecified atom stereocenters. The smallest absolute Gasteiger partial charge is 0.426 e. The average Bonchev–Trinajstić information content (AvgIpc) is 2.84. The van der Waals surface area contributed by atoms with E-state index in [9.17, 15) is 5.02 Å². The molecule has 1 saturated heterocycles. The van der Waals surface area contributed by atoms with Gasteiger partial charge in [0.15, 0.2) is 0 Å². The van der Waals surface area contributed by atoms with Crippen LogP contribution in [0.25, 0.3) is 0 Å². The molecule has 0 aromatic heterocycles. The summed E-state index contributed by atoms with van der Waals surface area (Å²) in [5, 5.41) is 13.5. The largest absolute Gasteiger partial charge is 0.472 e. The van der Waals surface area contributed by atoms with Crippen LogP contribution in [0, 0.1) is 23.2 Å².